The molecule has 0 aromatic rings. The summed E-state index contributed by atoms with van der Waals surface area (Å²) in [5, 5.41) is 8.67. The number of hydrogen-bond donors (Lipinski definition) is 6. The second-order valence-electron chi connectivity index (χ2n) is 7.52. The fourth-order valence-corrected chi connectivity index (χ4v) is 2.95. The maximum atomic E-state index is 12.1. The number of likely N-dealkylation sites (N-methyl/N-ethyl adjacent to an activating group) is 2. The summed E-state index contributed by atoms with van der Waals surface area (Å²) in [5.74, 6) is -1.19. The average molecular weight is 444 g/mol. The fourth-order valence-electron chi connectivity index (χ4n) is 2.95. The van der Waals surface area contributed by atoms with Crippen molar-refractivity contribution in [1.82, 2.24) is 20.9 Å². The summed E-state index contributed by atoms with van der Waals surface area (Å²) in [7, 11) is 0. The molecule has 11 nitrogen and oxygen atoms in total. The molecule has 2 unspecified atom stereocenters. The lowest BCUT2D eigenvalue weighted by molar-refractivity contribution is -0.125. The van der Waals surface area contributed by atoms with Crippen molar-refractivity contribution >= 4 is 23.6 Å². The number of hydrogen-bond acceptors (Lipinski definition) is 7. The van der Waals surface area contributed by atoms with Crippen LogP contribution in [0.25, 0.3) is 0 Å². The largest absolute Gasteiger partial charge is 0.368 e. The Balaban J connectivity index is 3.96. The van der Waals surface area contributed by atoms with E-state index in [4.69, 9.17) is 17.2 Å². The molecule has 0 bridgehead atoms. The van der Waals surface area contributed by atoms with Gasteiger partial charge in [0.1, 0.15) is 0 Å². The Bertz CT molecular complexity index is 560. The number of amides is 4. The Morgan fingerprint density at radius 1 is 0.806 bits per heavy atom. The van der Waals surface area contributed by atoms with E-state index in [0.29, 0.717) is 51.9 Å². The quantitative estimate of drug-likeness (QED) is 0.127. The van der Waals surface area contributed by atoms with Gasteiger partial charge in [0.05, 0.1) is 25.2 Å². The molecule has 0 aliphatic heterocycles. The van der Waals surface area contributed by atoms with Crippen LogP contribution in [0.4, 0.5) is 0 Å². The van der Waals surface area contributed by atoms with Gasteiger partial charge in [-0.15, -0.1) is 0 Å². The molecule has 0 saturated heterocycles. The minimum atomic E-state index is -0.651. The van der Waals surface area contributed by atoms with Crippen molar-refractivity contribution in [2.24, 2.45) is 17.2 Å². The van der Waals surface area contributed by atoms with Crippen LogP contribution in [0.2, 0.25) is 0 Å². The van der Waals surface area contributed by atoms with Crippen LogP contribution in [-0.4, -0.2) is 79.9 Å². The number of nitrogens with zero attached hydrogens (tertiary/aromatic N) is 1. The lowest BCUT2D eigenvalue weighted by Gasteiger charge is -2.19. The molecule has 2 atom stereocenters. The number of primary amides is 2. The van der Waals surface area contributed by atoms with Crippen molar-refractivity contribution in [1.29, 1.82) is 0 Å². The van der Waals surface area contributed by atoms with E-state index < -0.39 is 11.9 Å². The Kier molecular flexibility index (Phi) is 16.2. The van der Waals surface area contributed by atoms with Crippen molar-refractivity contribution in [3.05, 3.63) is 0 Å². The highest BCUT2D eigenvalue weighted by atomic mass is 16.2. The highest BCUT2D eigenvalue weighted by molar-refractivity contribution is 5.81. The van der Waals surface area contributed by atoms with Gasteiger partial charge in [0, 0.05) is 13.1 Å². The van der Waals surface area contributed by atoms with Gasteiger partial charge in [-0.25, -0.2) is 0 Å². The SMILES string of the molecule is CCNC(CCCCNC(=O)CN(CC)CC(=O)NCCCCC(N)C(N)=O)C(N)=O. The van der Waals surface area contributed by atoms with E-state index in [0.717, 1.165) is 12.8 Å². The van der Waals surface area contributed by atoms with Crippen LogP contribution in [0, 0.1) is 0 Å². The van der Waals surface area contributed by atoms with Gasteiger partial charge in [-0.3, -0.25) is 24.1 Å². The molecule has 31 heavy (non-hydrogen) atoms. The third kappa shape index (κ3) is 15.2. The van der Waals surface area contributed by atoms with Gasteiger partial charge in [-0.05, 0) is 51.6 Å². The molecule has 11 heteroatoms. The molecule has 0 fully saturated rings. The molecule has 0 spiro atoms. The summed E-state index contributed by atoms with van der Waals surface area (Å²) in [6.45, 7) is 6.30. The van der Waals surface area contributed by atoms with Gasteiger partial charge in [-0.1, -0.05) is 13.8 Å². The zero-order valence-electron chi connectivity index (χ0n) is 19.0. The molecule has 0 saturated carbocycles. The van der Waals surface area contributed by atoms with Gasteiger partial charge in [0.2, 0.25) is 23.6 Å². The number of unbranched alkanes of at least 4 members (excludes halogenated alkanes) is 2. The number of carbonyl (C=O) groups excluding carboxylic acids is 4. The topological polar surface area (TPSA) is 186 Å². The molecule has 4 amide bonds. The van der Waals surface area contributed by atoms with Gasteiger partial charge < -0.3 is 33.2 Å². The highest BCUT2D eigenvalue weighted by Crippen LogP contribution is 2.00. The first-order valence-electron chi connectivity index (χ1n) is 11.0. The van der Waals surface area contributed by atoms with E-state index in [1.807, 2.05) is 13.8 Å². The molecule has 0 aromatic carbocycles. The molecule has 0 rings (SSSR count). The maximum Gasteiger partial charge on any atom is 0.234 e. The van der Waals surface area contributed by atoms with E-state index in [1.165, 1.54) is 0 Å². The number of nitrogens with one attached hydrogen (secondary N) is 3. The maximum absolute atomic E-state index is 12.1. The molecule has 0 heterocycles. The molecular formula is C20H41N7O4. The van der Waals surface area contributed by atoms with Gasteiger partial charge in [-0.2, -0.15) is 0 Å². The van der Waals surface area contributed by atoms with Crippen LogP contribution >= 0.6 is 0 Å². The minimum Gasteiger partial charge on any atom is -0.368 e. The lowest BCUT2D eigenvalue weighted by atomic mass is 10.1. The zero-order valence-corrected chi connectivity index (χ0v) is 19.0. The highest BCUT2D eigenvalue weighted by Gasteiger charge is 2.14. The standard InChI is InChI=1S/C20H41N7O4/c1-3-24-16(20(23)31)10-6-8-12-26-18(29)14-27(4-2)13-17(28)25-11-7-5-9-15(21)19(22)30/h15-16,24H,3-14,21H2,1-2H3,(H2,22,30)(H2,23,31)(H,25,28)(H,26,29). The van der Waals surface area contributed by atoms with E-state index in [1.54, 1.807) is 4.90 Å². The van der Waals surface area contributed by atoms with Crippen LogP contribution in [0.5, 0.6) is 0 Å². The minimum absolute atomic E-state index is 0.133. The predicted molar refractivity (Wildman–Crippen MR) is 120 cm³/mol. The predicted octanol–water partition coefficient (Wildman–Crippen LogP) is -1.84. The fraction of sp³-hybridized carbons (Fsp3) is 0.800. The first-order valence-corrected chi connectivity index (χ1v) is 11.0. The summed E-state index contributed by atoms with van der Waals surface area (Å²) in [4.78, 5) is 48.0. The first kappa shape index (κ1) is 28.8. The van der Waals surface area contributed by atoms with Crippen LogP contribution < -0.4 is 33.2 Å². The lowest BCUT2D eigenvalue weighted by Crippen LogP contribution is -2.43. The van der Waals surface area contributed by atoms with E-state index in [2.05, 4.69) is 16.0 Å². The molecule has 0 aromatic heterocycles. The van der Waals surface area contributed by atoms with E-state index in [9.17, 15) is 19.2 Å². The molecular weight excluding hydrogens is 402 g/mol. The smallest absolute Gasteiger partial charge is 0.234 e. The second-order valence-corrected chi connectivity index (χ2v) is 7.52. The summed E-state index contributed by atoms with van der Waals surface area (Å²) in [6.07, 6.45) is 4.03. The third-order valence-electron chi connectivity index (χ3n) is 4.85. The molecule has 0 aliphatic rings. The second kappa shape index (κ2) is 17.4. The monoisotopic (exact) mass is 443 g/mol. The van der Waals surface area contributed by atoms with Crippen molar-refractivity contribution in [2.45, 2.75) is 64.5 Å². The Morgan fingerprint density at radius 3 is 1.74 bits per heavy atom. The summed E-state index contributed by atoms with van der Waals surface area (Å²) in [6, 6.07) is -0.989. The van der Waals surface area contributed by atoms with Gasteiger partial charge >= 0.3 is 0 Å². The number of nitrogens with two attached hydrogens (primary N) is 3. The van der Waals surface area contributed by atoms with E-state index >= 15 is 0 Å². The van der Waals surface area contributed by atoms with Crippen LogP contribution in [-0.2, 0) is 19.2 Å². The molecule has 9 N–H and O–H groups in total. The third-order valence-corrected chi connectivity index (χ3v) is 4.85. The first-order chi connectivity index (χ1) is 14.7. The number of rotatable bonds is 19. The molecule has 0 aliphatic carbocycles. The van der Waals surface area contributed by atoms with E-state index in [-0.39, 0.29) is 36.9 Å². The van der Waals surface area contributed by atoms with Crippen molar-refractivity contribution < 1.29 is 19.2 Å². The van der Waals surface area contributed by atoms with Gasteiger partial charge in [0.15, 0.2) is 0 Å². The molecule has 180 valence electrons. The Labute approximate surface area is 185 Å². The summed E-state index contributed by atoms with van der Waals surface area (Å²) < 4.78 is 0. The van der Waals surface area contributed by atoms with Crippen LogP contribution in [0.1, 0.15) is 52.4 Å². The summed E-state index contributed by atoms with van der Waals surface area (Å²) >= 11 is 0. The van der Waals surface area contributed by atoms with Crippen molar-refractivity contribution in [2.75, 3.05) is 39.3 Å². The van der Waals surface area contributed by atoms with Crippen LogP contribution in [0.15, 0.2) is 0 Å². The Morgan fingerprint density at radius 2 is 1.32 bits per heavy atom. The molecule has 0 radical (unpaired) electrons. The average Bonchev–Trinajstić information content (AvgIpc) is 2.71. The summed E-state index contributed by atoms with van der Waals surface area (Å²) in [5.41, 5.74) is 16.0. The van der Waals surface area contributed by atoms with Crippen molar-refractivity contribution in [3.63, 3.8) is 0 Å². The van der Waals surface area contributed by atoms with Crippen molar-refractivity contribution in [3.8, 4) is 0 Å². The van der Waals surface area contributed by atoms with Gasteiger partial charge in [0.25, 0.3) is 0 Å². The number of carbonyl (C=O) groups is 4. The normalized spacial score (nSPS) is 12.9. The zero-order chi connectivity index (χ0) is 23.6. The van der Waals surface area contributed by atoms with Crippen LogP contribution in [0.3, 0.4) is 0 Å². The Hall–Kier alpha value is -2.24.